The quantitative estimate of drug-likeness (QED) is 0.210. The monoisotopic (exact) mass is 560 g/mol. The summed E-state index contributed by atoms with van der Waals surface area (Å²) in [4.78, 5) is 0. The molecule has 0 aliphatic heterocycles. The number of hydrogen-bond acceptors (Lipinski definition) is 1. The molecule has 2 aliphatic carbocycles. The standard InChI is InChI=1S/C14H11O.C13H10.C6H7.2CH3.Zr/c1-15-13-8-4-6-11-9-10-5-2-3-7-12(10)14(11)13;1-3-7-12(8-4-1)11-13-9-5-2-6-10-13;1-6-4-2-3-5-6;;;/h2-5,7-8H,9H2,1H3;1-10H;4-5H,2H2,1H3;2*1H3;. The van der Waals surface area contributed by atoms with Gasteiger partial charge in [0.1, 0.15) is 0 Å². The summed E-state index contributed by atoms with van der Waals surface area (Å²) in [6, 6.07) is 35.8. The van der Waals surface area contributed by atoms with Crippen LogP contribution >= 0.6 is 0 Å². The molecule has 0 aromatic heterocycles. The second kappa shape index (κ2) is 9.03. The molecule has 2 aliphatic rings. The fraction of sp³-hybridized carbons (Fsp3) is 0.171. The van der Waals surface area contributed by atoms with Crippen molar-refractivity contribution in [3.63, 3.8) is 0 Å². The molecule has 4 aromatic rings. The zero-order valence-corrected chi connectivity index (χ0v) is 24.7. The van der Waals surface area contributed by atoms with Crippen LogP contribution < -0.4 is 8.01 Å². The van der Waals surface area contributed by atoms with E-state index in [2.05, 4.69) is 125 Å². The molecule has 37 heavy (non-hydrogen) atoms. The topological polar surface area (TPSA) is 9.23 Å². The van der Waals surface area contributed by atoms with Crippen LogP contribution in [0.2, 0.25) is 9.26 Å². The van der Waals surface area contributed by atoms with Crippen LogP contribution in [0.3, 0.4) is 0 Å². The van der Waals surface area contributed by atoms with Crippen LogP contribution in [0.1, 0.15) is 35.6 Å². The average molecular weight is 562 g/mol. The first kappa shape index (κ1) is 24.3. The number of ether oxygens (including phenoxy) is 1. The number of hydrogen-bond donors (Lipinski definition) is 0. The van der Waals surface area contributed by atoms with Crippen molar-refractivity contribution in [1.82, 2.24) is 0 Å². The van der Waals surface area contributed by atoms with Gasteiger partial charge in [0, 0.05) is 0 Å². The Morgan fingerprint density at radius 3 is 1.97 bits per heavy atom. The molecule has 1 nitrogen and oxygen atoms in total. The Morgan fingerprint density at radius 1 is 0.757 bits per heavy atom. The molecular formula is C35H34OZr. The Hall–Kier alpha value is -3.09. The van der Waals surface area contributed by atoms with E-state index in [0.717, 1.165) is 18.6 Å². The molecule has 0 heterocycles. The first-order chi connectivity index (χ1) is 17.9. The third-order valence-electron chi connectivity index (χ3n) is 8.84. The summed E-state index contributed by atoms with van der Waals surface area (Å²) >= 11 is -4.20. The summed E-state index contributed by atoms with van der Waals surface area (Å²) in [7, 11) is 1.80. The van der Waals surface area contributed by atoms with E-state index in [9.17, 15) is 0 Å². The molecule has 6 rings (SSSR count). The van der Waals surface area contributed by atoms with E-state index in [0.29, 0.717) is 0 Å². The average Bonchev–Trinajstić information content (AvgIpc) is 3.54. The summed E-state index contributed by atoms with van der Waals surface area (Å²) < 4.78 is 16.0. The fourth-order valence-corrected chi connectivity index (χ4v) is 21.9. The van der Waals surface area contributed by atoms with E-state index in [1.54, 1.807) is 16.9 Å². The zero-order chi connectivity index (χ0) is 25.6. The minimum absolute atomic E-state index is 0.958. The van der Waals surface area contributed by atoms with Crippen molar-refractivity contribution in [2.24, 2.45) is 0 Å². The van der Waals surface area contributed by atoms with E-state index in [4.69, 9.17) is 4.74 Å². The van der Waals surface area contributed by atoms with Gasteiger partial charge in [0.15, 0.2) is 0 Å². The molecule has 4 aromatic carbocycles. The van der Waals surface area contributed by atoms with Gasteiger partial charge in [-0.05, 0) is 0 Å². The number of methoxy groups -OCH3 is 1. The third kappa shape index (κ3) is 3.72. The molecule has 0 N–H and O–H groups in total. The number of rotatable bonds is 5. The van der Waals surface area contributed by atoms with Crippen LogP contribution in [-0.4, -0.2) is 10.3 Å². The van der Waals surface area contributed by atoms with Gasteiger partial charge in [0.25, 0.3) is 0 Å². The summed E-state index contributed by atoms with van der Waals surface area (Å²) in [6.07, 6.45) is 6.92. The third-order valence-corrected chi connectivity index (χ3v) is 24.7. The minimum atomic E-state index is -4.20. The van der Waals surface area contributed by atoms with Crippen LogP contribution in [0.5, 0.6) is 5.75 Å². The fourth-order valence-electron chi connectivity index (χ4n) is 6.98. The predicted molar refractivity (Wildman–Crippen MR) is 155 cm³/mol. The van der Waals surface area contributed by atoms with Crippen molar-refractivity contribution in [2.45, 2.75) is 29.0 Å². The van der Waals surface area contributed by atoms with Gasteiger partial charge < -0.3 is 0 Å². The first-order valence-corrected chi connectivity index (χ1v) is 21.9. The van der Waals surface area contributed by atoms with Gasteiger partial charge in [-0.1, -0.05) is 0 Å². The van der Waals surface area contributed by atoms with E-state index in [1.165, 1.54) is 39.0 Å². The van der Waals surface area contributed by atoms with E-state index < -0.39 is 18.3 Å². The predicted octanol–water partition coefficient (Wildman–Crippen LogP) is 8.18. The normalized spacial score (nSPS) is 14.5. The molecular weight excluding hydrogens is 528 g/mol. The summed E-state index contributed by atoms with van der Waals surface area (Å²) in [5.41, 5.74) is 9.55. The van der Waals surface area contributed by atoms with Crippen LogP contribution in [0.25, 0.3) is 11.1 Å². The maximum atomic E-state index is 5.98. The molecule has 0 saturated heterocycles. The molecule has 0 unspecified atom stereocenters. The molecule has 0 bridgehead atoms. The maximum absolute atomic E-state index is 5.98. The zero-order valence-electron chi connectivity index (χ0n) is 22.2. The molecule has 0 saturated carbocycles. The Bertz CT molecular complexity index is 1610. The van der Waals surface area contributed by atoms with Gasteiger partial charge in [0.05, 0.1) is 0 Å². The molecule has 0 amide bonds. The number of allylic oxidation sites excluding steroid dienone is 4. The van der Waals surface area contributed by atoms with Gasteiger partial charge in [0.2, 0.25) is 0 Å². The first-order valence-electron chi connectivity index (χ1n) is 13.3. The molecule has 0 atom stereocenters. The number of fused-ring (bicyclic) bond motifs is 3. The van der Waals surface area contributed by atoms with Crippen molar-refractivity contribution in [3.05, 3.63) is 140 Å². The van der Waals surface area contributed by atoms with Crippen LogP contribution in [0.15, 0.2) is 118 Å². The second-order valence-electron chi connectivity index (χ2n) is 11.3. The van der Waals surface area contributed by atoms with Crippen molar-refractivity contribution in [2.75, 3.05) is 7.11 Å². The van der Waals surface area contributed by atoms with E-state index >= 15 is 0 Å². The molecule has 0 spiro atoms. The summed E-state index contributed by atoms with van der Waals surface area (Å²) in [6.45, 7) is 2.25. The van der Waals surface area contributed by atoms with Crippen molar-refractivity contribution in [1.29, 1.82) is 0 Å². The van der Waals surface area contributed by atoms with E-state index in [1.807, 2.05) is 0 Å². The summed E-state index contributed by atoms with van der Waals surface area (Å²) in [5, 5.41) is 0. The van der Waals surface area contributed by atoms with Crippen LogP contribution in [0, 0.1) is 0 Å². The van der Waals surface area contributed by atoms with Crippen molar-refractivity contribution >= 4 is 6.48 Å². The Morgan fingerprint density at radius 2 is 1.38 bits per heavy atom. The van der Waals surface area contributed by atoms with Crippen LogP contribution in [-0.2, 0) is 24.7 Å². The Balaban J connectivity index is 1.82. The van der Waals surface area contributed by atoms with Gasteiger partial charge in [-0.25, -0.2) is 0 Å². The van der Waals surface area contributed by atoms with Crippen molar-refractivity contribution < 1.29 is 23.0 Å². The van der Waals surface area contributed by atoms with Crippen molar-refractivity contribution in [3.8, 4) is 16.9 Å². The Kier molecular flexibility index (Phi) is 5.92. The van der Waals surface area contributed by atoms with Crippen LogP contribution in [0.4, 0.5) is 0 Å². The SMILES string of the molecule is COc1cc[c]([Zr]([CH3])([CH3])([C]2=CC(C)=CC2)=[C](c2ccccc2)c2ccccc2)c2c1-c1ccccc1C2. The summed E-state index contributed by atoms with van der Waals surface area (Å²) in [5.74, 6) is 0.983. The molecule has 2 heteroatoms. The van der Waals surface area contributed by atoms with Gasteiger partial charge >= 0.3 is 223 Å². The molecule has 184 valence electrons. The van der Waals surface area contributed by atoms with Gasteiger partial charge in [-0.3, -0.25) is 0 Å². The van der Waals surface area contributed by atoms with Gasteiger partial charge in [-0.15, -0.1) is 0 Å². The number of benzene rings is 4. The Labute approximate surface area is 221 Å². The second-order valence-corrected chi connectivity index (χ2v) is 27.1. The van der Waals surface area contributed by atoms with E-state index in [-0.39, 0.29) is 0 Å². The molecule has 0 radical (unpaired) electrons. The van der Waals surface area contributed by atoms with Gasteiger partial charge in [-0.2, -0.15) is 0 Å². The molecule has 0 fully saturated rings.